The molecule has 1 amide bonds. The first-order valence-electron chi connectivity index (χ1n) is 11.1. The van der Waals surface area contributed by atoms with Crippen LogP contribution in [0.1, 0.15) is 28.8 Å². The van der Waals surface area contributed by atoms with E-state index < -0.39 is 27.1 Å². The zero-order chi connectivity index (χ0) is 23.8. The zero-order valence-corrected chi connectivity index (χ0v) is 19.3. The Labute approximate surface area is 196 Å². The number of H-pyrrole nitrogens is 1. The second-order valence-corrected chi connectivity index (χ2v) is 10.4. The van der Waals surface area contributed by atoms with Crippen LogP contribution in [0.2, 0.25) is 0 Å². The van der Waals surface area contributed by atoms with Crippen molar-refractivity contribution < 1.29 is 22.7 Å². The number of carbonyl (C=O) groups excluding carboxylic acids is 1. The van der Waals surface area contributed by atoms with Crippen molar-refractivity contribution in [1.82, 2.24) is 14.6 Å². The summed E-state index contributed by atoms with van der Waals surface area (Å²) in [4.78, 5) is 28.7. The van der Waals surface area contributed by atoms with E-state index in [1.165, 1.54) is 22.6 Å². The van der Waals surface area contributed by atoms with Gasteiger partial charge in [-0.25, -0.2) is 8.42 Å². The fourth-order valence-electron chi connectivity index (χ4n) is 4.40. The van der Waals surface area contributed by atoms with Crippen molar-refractivity contribution >= 4 is 26.8 Å². The molecule has 1 spiro atoms. The third-order valence-electron chi connectivity index (χ3n) is 6.33. The highest BCUT2D eigenvalue weighted by molar-refractivity contribution is 7.89. The Morgan fingerprint density at radius 3 is 2.47 bits per heavy atom. The van der Waals surface area contributed by atoms with Crippen LogP contribution < -0.4 is 10.7 Å². The summed E-state index contributed by atoms with van der Waals surface area (Å²) in [5.41, 5.74) is 0.752. The van der Waals surface area contributed by atoms with Crippen LogP contribution in [0.25, 0.3) is 10.9 Å². The lowest BCUT2D eigenvalue weighted by molar-refractivity contribution is -0.179. The molecule has 178 valence electrons. The topological polar surface area (TPSA) is 118 Å². The van der Waals surface area contributed by atoms with Gasteiger partial charge in [0.25, 0.3) is 5.91 Å². The summed E-state index contributed by atoms with van der Waals surface area (Å²) in [5.74, 6) is -1.22. The molecule has 2 fully saturated rings. The molecule has 5 rings (SSSR count). The lowest BCUT2D eigenvalue weighted by Crippen LogP contribution is -2.47. The van der Waals surface area contributed by atoms with Crippen LogP contribution in [-0.4, -0.2) is 55.7 Å². The van der Waals surface area contributed by atoms with Crippen molar-refractivity contribution in [3.63, 3.8) is 0 Å². The van der Waals surface area contributed by atoms with Crippen LogP contribution in [-0.2, 0) is 26.0 Å². The molecule has 2 saturated heterocycles. The molecule has 1 aromatic heterocycles. The first-order chi connectivity index (χ1) is 16.4. The SMILES string of the molecule is O=C(NCc1ccccc1)c1c[nH]c2ccc(S(=O)(=O)N3CCC4(CC3)OCCO4)cc2c1=O. The molecule has 2 aliphatic heterocycles. The lowest BCUT2D eigenvalue weighted by Gasteiger charge is -2.36. The highest BCUT2D eigenvalue weighted by Gasteiger charge is 2.42. The van der Waals surface area contributed by atoms with Gasteiger partial charge in [-0.05, 0) is 23.8 Å². The van der Waals surface area contributed by atoms with Crippen LogP contribution in [0.5, 0.6) is 0 Å². The van der Waals surface area contributed by atoms with Crippen LogP contribution >= 0.6 is 0 Å². The molecule has 0 radical (unpaired) electrons. The van der Waals surface area contributed by atoms with E-state index in [0.717, 1.165) is 5.56 Å². The summed E-state index contributed by atoms with van der Waals surface area (Å²) >= 11 is 0. The maximum absolute atomic E-state index is 13.3. The zero-order valence-electron chi connectivity index (χ0n) is 18.5. The predicted octanol–water partition coefficient (Wildman–Crippen LogP) is 1.99. The molecule has 2 aliphatic rings. The van der Waals surface area contributed by atoms with E-state index in [1.54, 1.807) is 6.07 Å². The van der Waals surface area contributed by atoms with Gasteiger partial charge < -0.3 is 19.8 Å². The molecule has 10 heteroatoms. The van der Waals surface area contributed by atoms with Crippen molar-refractivity contribution in [1.29, 1.82) is 0 Å². The van der Waals surface area contributed by atoms with Crippen molar-refractivity contribution in [3.05, 3.63) is 76.1 Å². The highest BCUT2D eigenvalue weighted by atomic mass is 32.2. The number of pyridine rings is 1. The second kappa shape index (κ2) is 8.95. The molecule has 0 atom stereocenters. The highest BCUT2D eigenvalue weighted by Crippen LogP contribution is 2.33. The lowest BCUT2D eigenvalue weighted by atomic mass is 10.1. The van der Waals surface area contributed by atoms with Crippen molar-refractivity contribution in [3.8, 4) is 0 Å². The van der Waals surface area contributed by atoms with Crippen molar-refractivity contribution in [2.24, 2.45) is 0 Å². The van der Waals surface area contributed by atoms with Crippen LogP contribution in [0.3, 0.4) is 0 Å². The van der Waals surface area contributed by atoms with Gasteiger partial charge in [-0.3, -0.25) is 9.59 Å². The van der Waals surface area contributed by atoms with Gasteiger partial charge in [0, 0.05) is 49.6 Å². The third kappa shape index (κ3) is 4.25. The molecule has 0 unspecified atom stereocenters. The Hall–Kier alpha value is -3.05. The van der Waals surface area contributed by atoms with Crippen LogP contribution in [0.15, 0.2) is 64.4 Å². The molecule has 3 heterocycles. The third-order valence-corrected chi connectivity index (χ3v) is 8.22. The van der Waals surface area contributed by atoms with E-state index in [-0.39, 0.29) is 35.5 Å². The first kappa shape index (κ1) is 22.7. The Morgan fingerprint density at radius 2 is 1.76 bits per heavy atom. The number of hydrogen-bond donors (Lipinski definition) is 2. The standard InChI is InChI=1S/C24H25N3O6S/c28-22-19-14-18(34(30,31)27-10-8-24(9-11-27)32-12-13-33-24)6-7-21(19)25-16-20(22)23(29)26-15-17-4-2-1-3-5-17/h1-7,14,16H,8-13,15H2,(H,25,28)(H,26,29). The minimum Gasteiger partial charge on any atom is -0.360 e. The van der Waals surface area contributed by atoms with Gasteiger partial charge in [0.2, 0.25) is 15.5 Å². The number of carbonyl (C=O) groups is 1. The summed E-state index contributed by atoms with van der Waals surface area (Å²) in [6, 6.07) is 13.7. The van der Waals surface area contributed by atoms with Gasteiger partial charge in [-0.15, -0.1) is 0 Å². The molecule has 2 aromatic carbocycles. The maximum Gasteiger partial charge on any atom is 0.257 e. The molecule has 3 aromatic rings. The number of nitrogens with zero attached hydrogens (tertiary/aromatic N) is 1. The fourth-order valence-corrected chi connectivity index (χ4v) is 5.87. The quantitative estimate of drug-likeness (QED) is 0.573. The average molecular weight is 484 g/mol. The Kier molecular flexibility index (Phi) is 5.98. The van der Waals surface area contributed by atoms with E-state index in [1.807, 2.05) is 30.3 Å². The molecular formula is C24H25N3O6S. The van der Waals surface area contributed by atoms with E-state index >= 15 is 0 Å². The number of hydrogen-bond acceptors (Lipinski definition) is 6. The monoisotopic (exact) mass is 483 g/mol. The van der Waals surface area contributed by atoms with E-state index in [4.69, 9.17) is 9.47 Å². The molecule has 0 saturated carbocycles. The smallest absolute Gasteiger partial charge is 0.257 e. The van der Waals surface area contributed by atoms with Gasteiger partial charge in [0.1, 0.15) is 5.56 Å². The summed E-state index contributed by atoms with van der Waals surface area (Å²) < 4.78 is 39.3. The summed E-state index contributed by atoms with van der Waals surface area (Å²) in [6.07, 6.45) is 2.25. The van der Waals surface area contributed by atoms with Gasteiger partial charge in [0.15, 0.2) is 5.79 Å². The molecule has 9 nitrogen and oxygen atoms in total. The van der Waals surface area contributed by atoms with Gasteiger partial charge >= 0.3 is 0 Å². The number of aromatic amines is 1. The predicted molar refractivity (Wildman–Crippen MR) is 125 cm³/mol. The number of rotatable bonds is 5. The van der Waals surface area contributed by atoms with Gasteiger partial charge in [-0.2, -0.15) is 4.31 Å². The second-order valence-electron chi connectivity index (χ2n) is 8.42. The fraction of sp³-hybridized carbons (Fsp3) is 0.333. The summed E-state index contributed by atoms with van der Waals surface area (Å²) in [7, 11) is -3.83. The minimum absolute atomic E-state index is 0.0107. The van der Waals surface area contributed by atoms with Gasteiger partial charge in [-0.1, -0.05) is 30.3 Å². The number of nitrogens with one attached hydrogen (secondary N) is 2. The first-order valence-corrected chi connectivity index (χ1v) is 12.6. The number of sulfonamides is 1. The molecule has 0 aliphatic carbocycles. The van der Waals surface area contributed by atoms with Crippen LogP contribution in [0.4, 0.5) is 0 Å². The van der Waals surface area contributed by atoms with Gasteiger partial charge in [0.05, 0.1) is 18.1 Å². The number of piperidine rings is 1. The van der Waals surface area contributed by atoms with E-state index in [2.05, 4.69) is 10.3 Å². The average Bonchev–Trinajstić information content (AvgIpc) is 3.31. The van der Waals surface area contributed by atoms with Crippen molar-refractivity contribution in [2.45, 2.75) is 30.1 Å². The Balaban J connectivity index is 1.38. The number of ether oxygens (including phenoxy) is 2. The van der Waals surface area contributed by atoms with Crippen LogP contribution in [0, 0.1) is 0 Å². The van der Waals surface area contributed by atoms with Crippen molar-refractivity contribution in [2.75, 3.05) is 26.3 Å². The molecule has 34 heavy (non-hydrogen) atoms. The number of benzene rings is 2. The molecular weight excluding hydrogens is 458 g/mol. The molecule has 0 bridgehead atoms. The normalized spacial score (nSPS) is 18.4. The number of aromatic nitrogens is 1. The number of fused-ring (bicyclic) bond motifs is 1. The summed E-state index contributed by atoms with van der Waals surface area (Å²) in [5, 5.41) is 2.87. The Morgan fingerprint density at radius 1 is 1.06 bits per heavy atom. The van der Waals surface area contributed by atoms with E-state index in [9.17, 15) is 18.0 Å². The Bertz CT molecular complexity index is 1370. The summed E-state index contributed by atoms with van der Waals surface area (Å²) in [6.45, 7) is 1.83. The largest absolute Gasteiger partial charge is 0.360 e. The maximum atomic E-state index is 13.3. The van der Waals surface area contributed by atoms with E-state index in [0.29, 0.717) is 31.6 Å². The minimum atomic E-state index is -3.83. The number of amides is 1. The molecule has 2 N–H and O–H groups in total.